The topological polar surface area (TPSA) is 94.6 Å². The summed E-state index contributed by atoms with van der Waals surface area (Å²) < 4.78 is 39.8. The van der Waals surface area contributed by atoms with E-state index < -0.39 is 15.8 Å². The molecule has 3 heterocycles. The van der Waals surface area contributed by atoms with Crippen molar-refractivity contribution in [3.05, 3.63) is 63.6 Å². The van der Waals surface area contributed by atoms with Crippen molar-refractivity contribution in [3.8, 4) is 16.3 Å². The maximum Gasteiger partial charge on any atom is 0.419 e. The molecule has 0 saturated heterocycles. The summed E-state index contributed by atoms with van der Waals surface area (Å²) in [6, 6.07) is 12.2. The smallest absolute Gasteiger partial charge is 0.419 e. The first-order valence-corrected chi connectivity index (χ1v) is 11.9. The van der Waals surface area contributed by atoms with Crippen LogP contribution < -0.4 is 10.5 Å². The Balaban J connectivity index is 1.46. The van der Waals surface area contributed by atoms with Gasteiger partial charge < -0.3 is 9.15 Å². The number of fused-ring (bicyclic) bond motifs is 2. The molecule has 0 atom stereocenters. The van der Waals surface area contributed by atoms with Gasteiger partial charge in [0.05, 0.1) is 29.8 Å². The second kappa shape index (κ2) is 7.33. The van der Waals surface area contributed by atoms with Crippen molar-refractivity contribution >= 4 is 32.5 Å². The number of ether oxygens (including phenoxy) is 1. The minimum Gasteiger partial charge on any atom is -0.497 e. The third kappa shape index (κ3) is 3.36. The molecule has 0 bridgehead atoms. The predicted molar refractivity (Wildman–Crippen MR) is 117 cm³/mol. The number of aromatic nitrogens is 2. The van der Waals surface area contributed by atoms with Gasteiger partial charge in [-0.25, -0.2) is 18.2 Å². The molecule has 8 nitrogen and oxygen atoms in total. The van der Waals surface area contributed by atoms with Gasteiger partial charge in [-0.15, -0.1) is 11.3 Å². The summed E-state index contributed by atoms with van der Waals surface area (Å²) in [6.07, 6.45) is 0.539. The number of aryl methyl sites for hydroxylation is 1. The van der Waals surface area contributed by atoms with Crippen molar-refractivity contribution < 1.29 is 17.6 Å². The van der Waals surface area contributed by atoms with E-state index in [-0.39, 0.29) is 17.0 Å². The Morgan fingerprint density at radius 1 is 1.19 bits per heavy atom. The first kappa shape index (κ1) is 20.0. The highest BCUT2D eigenvalue weighted by Gasteiger charge is 2.31. The third-order valence-corrected chi connectivity index (χ3v) is 8.39. The maximum absolute atomic E-state index is 13.3. The van der Waals surface area contributed by atoms with E-state index in [1.807, 2.05) is 24.3 Å². The number of sulfonamides is 1. The van der Waals surface area contributed by atoms with E-state index in [1.165, 1.54) is 32.3 Å². The molecule has 4 aromatic rings. The molecular weight excluding hydrogens is 438 g/mol. The summed E-state index contributed by atoms with van der Waals surface area (Å²) in [5, 5.41) is 0.843. The van der Waals surface area contributed by atoms with Crippen LogP contribution >= 0.6 is 11.3 Å². The Hall–Kier alpha value is -2.95. The molecule has 2 aromatic heterocycles. The Kier molecular flexibility index (Phi) is 4.72. The van der Waals surface area contributed by atoms with Crippen molar-refractivity contribution in [1.82, 2.24) is 13.9 Å². The lowest BCUT2D eigenvalue weighted by Gasteiger charge is -2.25. The van der Waals surface area contributed by atoms with Crippen LogP contribution in [0.25, 0.3) is 21.7 Å². The Morgan fingerprint density at radius 3 is 2.84 bits per heavy atom. The van der Waals surface area contributed by atoms with Crippen molar-refractivity contribution in [3.63, 3.8) is 0 Å². The lowest BCUT2D eigenvalue weighted by atomic mass is 10.2. The SMILES string of the molecule is COc1cccc(-c2nc3c(s2)CN(S(=O)(=O)c2ccc4c(c2)oc(=O)n4C)CC3)c1. The summed E-state index contributed by atoms with van der Waals surface area (Å²) in [6.45, 7) is 0.601. The van der Waals surface area contributed by atoms with E-state index in [1.54, 1.807) is 20.2 Å². The number of methoxy groups -OCH3 is 1. The van der Waals surface area contributed by atoms with Gasteiger partial charge in [-0.1, -0.05) is 12.1 Å². The van der Waals surface area contributed by atoms with Crippen LogP contribution in [0.5, 0.6) is 5.75 Å². The molecule has 0 N–H and O–H groups in total. The van der Waals surface area contributed by atoms with E-state index in [0.717, 1.165) is 26.9 Å². The number of hydrogen-bond acceptors (Lipinski definition) is 7. The van der Waals surface area contributed by atoms with E-state index in [0.29, 0.717) is 18.5 Å². The Labute approximate surface area is 182 Å². The third-order valence-electron chi connectivity index (χ3n) is 5.41. The number of oxazole rings is 1. The number of nitrogens with zero attached hydrogens (tertiary/aromatic N) is 3. The summed E-state index contributed by atoms with van der Waals surface area (Å²) >= 11 is 1.49. The summed E-state index contributed by atoms with van der Waals surface area (Å²) in [5.74, 6) is 0.222. The molecule has 0 aliphatic carbocycles. The summed E-state index contributed by atoms with van der Waals surface area (Å²) in [7, 11) is -0.546. The molecule has 0 amide bonds. The lowest BCUT2D eigenvalue weighted by molar-refractivity contribution is 0.393. The largest absolute Gasteiger partial charge is 0.497 e. The molecule has 160 valence electrons. The van der Waals surface area contributed by atoms with Gasteiger partial charge in [0.15, 0.2) is 5.58 Å². The highest BCUT2D eigenvalue weighted by molar-refractivity contribution is 7.89. The van der Waals surface area contributed by atoms with E-state index in [9.17, 15) is 13.2 Å². The van der Waals surface area contributed by atoms with Crippen molar-refractivity contribution in [2.75, 3.05) is 13.7 Å². The predicted octanol–water partition coefficient (Wildman–Crippen LogP) is 3.01. The lowest BCUT2D eigenvalue weighted by Crippen LogP contribution is -2.35. The summed E-state index contributed by atoms with van der Waals surface area (Å²) in [4.78, 5) is 17.5. The zero-order valence-corrected chi connectivity index (χ0v) is 18.5. The molecule has 2 aromatic carbocycles. The van der Waals surface area contributed by atoms with Gasteiger partial charge >= 0.3 is 5.76 Å². The average Bonchev–Trinajstić information content (AvgIpc) is 3.33. The molecule has 1 aliphatic rings. The van der Waals surface area contributed by atoms with Crippen LogP contribution in [0, 0.1) is 0 Å². The van der Waals surface area contributed by atoms with E-state index >= 15 is 0 Å². The van der Waals surface area contributed by atoms with Crippen LogP contribution in [0.1, 0.15) is 10.6 Å². The van der Waals surface area contributed by atoms with Gasteiger partial charge in [0.25, 0.3) is 0 Å². The van der Waals surface area contributed by atoms with Crippen LogP contribution in [0.3, 0.4) is 0 Å². The van der Waals surface area contributed by atoms with Crippen LogP contribution in [0.2, 0.25) is 0 Å². The van der Waals surface area contributed by atoms with E-state index in [4.69, 9.17) is 14.1 Å². The normalized spacial score (nSPS) is 14.6. The standard InChI is InChI=1S/C21H19N3O5S2/c1-23-17-7-6-15(11-18(17)29-21(23)25)31(26,27)24-9-8-16-19(12-24)30-20(22-16)13-4-3-5-14(10-13)28-2/h3-7,10-11H,8-9,12H2,1-2H3. The molecule has 5 rings (SSSR count). The average molecular weight is 458 g/mol. The second-order valence-electron chi connectivity index (χ2n) is 7.27. The van der Waals surface area contributed by atoms with Gasteiger partial charge in [-0.3, -0.25) is 4.57 Å². The van der Waals surface area contributed by atoms with Gasteiger partial charge in [0.2, 0.25) is 10.0 Å². The number of hydrogen-bond donors (Lipinski definition) is 0. The van der Waals surface area contributed by atoms with Crippen LogP contribution in [0.4, 0.5) is 0 Å². The van der Waals surface area contributed by atoms with Gasteiger partial charge in [0, 0.05) is 36.5 Å². The number of thiazole rings is 1. The molecule has 0 radical (unpaired) electrons. The fourth-order valence-corrected chi connectivity index (χ4v) is 6.31. The molecular formula is C21H19N3O5S2. The first-order chi connectivity index (χ1) is 14.9. The molecule has 0 spiro atoms. The first-order valence-electron chi connectivity index (χ1n) is 9.59. The summed E-state index contributed by atoms with van der Waals surface area (Å²) in [5.41, 5.74) is 2.68. The fraction of sp³-hybridized carbons (Fsp3) is 0.238. The molecule has 10 heteroatoms. The Bertz CT molecular complexity index is 1470. The highest BCUT2D eigenvalue weighted by atomic mass is 32.2. The Morgan fingerprint density at radius 2 is 2.03 bits per heavy atom. The molecule has 0 unspecified atom stereocenters. The monoisotopic (exact) mass is 457 g/mol. The molecule has 1 aliphatic heterocycles. The molecule has 0 fully saturated rings. The van der Waals surface area contributed by atoms with Gasteiger partial charge in [-0.2, -0.15) is 4.31 Å². The fourth-order valence-electron chi connectivity index (χ4n) is 3.68. The van der Waals surface area contributed by atoms with Crippen molar-refractivity contribution in [2.24, 2.45) is 7.05 Å². The zero-order chi connectivity index (χ0) is 21.8. The van der Waals surface area contributed by atoms with E-state index in [2.05, 4.69) is 0 Å². The minimum absolute atomic E-state index is 0.107. The highest BCUT2D eigenvalue weighted by Crippen LogP contribution is 2.34. The number of benzene rings is 2. The maximum atomic E-state index is 13.3. The molecule has 0 saturated carbocycles. The molecule has 31 heavy (non-hydrogen) atoms. The quantitative estimate of drug-likeness (QED) is 0.468. The van der Waals surface area contributed by atoms with Gasteiger partial charge in [0.1, 0.15) is 10.8 Å². The second-order valence-corrected chi connectivity index (χ2v) is 10.3. The zero-order valence-electron chi connectivity index (χ0n) is 16.9. The van der Waals surface area contributed by atoms with Crippen LogP contribution in [0.15, 0.2) is 56.6 Å². The minimum atomic E-state index is -3.74. The number of rotatable bonds is 4. The van der Waals surface area contributed by atoms with Crippen molar-refractivity contribution in [1.29, 1.82) is 0 Å². The van der Waals surface area contributed by atoms with Gasteiger partial charge in [-0.05, 0) is 24.3 Å². The van der Waals surface area contributed by atoms with Crippen molar-refractivity contribution in [2.45, 2.75) is 17.9 Å². The van der Waals surface area contributed by atoms with Crippen LogP contribution in [-0.4, -0.2) is 35.9 Å². The van der Waals surface area contributed by atoms with Crippen LogP contribution in [-0.2, 0) is 30.0 Å².